The number of likely N-dealkylation sites (N-methyl/N-ethyl adjacent to an activating group) is 1. The molecule has 18 heavy (non-hydrogen) atoms. The standard InChI is InChI=1S/C12H23N6/c1-17-4-5-18(16,12(15)7-17)8-9-2-3-10(13)11(14)6-9/h2-3,6,12H,4-5,7-8,13-16H2,1H3/q+1. The first-order valence-electron chi connectivity index (χ1n) is 6.14. The van der Waals surface area contributed by atoms with Gasteiger partial charge in [-0.1, -0.05) is 6.07 Å². The van der Waals surface area contributed by atoms with E-state index in [2.05, 4.69) is 11.9 Å². The Hall–Kier alpha value is -1.34. The second-order valence-electron chi connectivity index (χ2n) is 5.28. The highest BCUT2D eigenvalue weighted by atomic mass is 15.6. The number of hydrogen-bond donors (Lipinski definition) is 4. The first-order valence-corrected chi connectivity index (χ1v) is 6.14. The van der Waals surface area contributed by atoms with Crippen LogP contribution in [0.25, 0.3) is 0 Å². The SMILES string of the molecule is CN1CC[N+](N)(Cc2ccc(N)c(N)c2)C(N)C1. The average Bonchev–Trinajstić information content (AvgIpc) is 2.30. The predicted molar refractivity (Wildman–Crippen MR) is 73.8 cm³/mol. The molecular formula is C12H23N6+. The maximum atomic E-state index is 6.40. The molecule has 6 nitrogen and oxygen atoms in total. The van der Waals surface area contributed by atoms with Crippen molar-refractivity contribution < 1.29 is 4.59 Å². The van der Waals surface area contributed by atoms with Crippen molar-refractivity contribution >= 4 is 11.4 Å². The molecule has 6 heteroatoms. The van der Waals surface area contributed by atoms with E-state index in [-0.39, 0.29) is 6.17 Å². The van der Waals surface area contributed by atoms with Gasteiger partial charge in [0.1, 0.15) is 13.1 Å². The fourth-order valence-electron chi connectivity index (χ4n) is 2.35. The molecule has 0 aliphatic carbocycles. The van der Waals surface area contributed by atoms with Gasteiger partial charge in [-0.2, -0.15) is 5.84 Å². The molecule has 0 amide bonds. The van der Waals surface area contributed by atoms with Crippen LogP contribution >= 0.6 is 0 Å². The van der Waals surface area contributed by atoms with Gasteiger partial charge in [0.05, 0.1) is 17.9 Å². The second kappa shape index (κ2) is 4.74. The van der Waals surface area contributed by atoms with Crippen molar-refractivity contribution in [2.24, 2.45) is 11.6 Å². The van der Waals surface area contributed by atoms with Crippen molar-refractivity contribution in [2.45, 2.75) is 12.7 Å². The van der Waals surface area contributed by atoms with E-state index in [1.54, 1.807) is 0 Å². The van der Waals surface area contributed by atoms with Crippen molar-refractivity contribution in [1.82, 2.24) is 4.90 Å². The first-order chi connectivity index (χ1) is 8.40. The lowest BCUT2D eigenvalue weighted by Gasteiger charge is -2.44. The van der Waals surface area contributed by atoms with Gasteiger partial charge < -0.3 is 11.5 Å². The summed E-state index contributed by atoms with van der Waals surface area (Å²) in [4.78, 5) is 2.20. The van der Waals surface area contributed by atoms with Gasteiger partial charge in [-0.05, 0) is 19.2 Å². The summed E-state index contributed by atoms with van der Waals surface area (Å²) in [7, 11) is 2.06. The molecule has 1 aliphatic heterocycles. The van der Waals surface area contributed by atoms with Crippen LogP contribution in [0.4, 0.5) is 11.4 Å². The van der Waals surface area contributed by atoms with Gasteiger partial charge in [-0.15, -0.1) is 0 Å². The first kappa shape index (κ1) is 13.1. The summed E-state index contributed by atoms with van der Waals surface area (Å²) >= 11 is 0. The summed E-state index contributed by atoms with van der Waals surface area (Å²) < 4.78 is 0.355. The van der Waals surface area contributed by atoms with Crippen molar-refractivity contribution in [3.8, 4) is 0 Å². The summed E-state index contributed by atoms with van der Waals surface area (Å²) in [6.07, 6.45) is -0.0810. The van der Waals surface area contributed by atoms with Gasteiger partial charge in [0, 0.05) is 12.1 Å². The Morgan fingerprint density at radius 1 is 1.33 bits per heavy atom. The number of anilines is 2. The molecule has 100 valence electrons. The highest BCUT2D eigenvalue weighted by molar-refractivity contribution is 5.63. The van der Waals surface area contributed by atoms with Crippen LogP contribution in [0.3, 0.4) is 0 Å². The molecule has 0 radical (unpaired) electrons. The minimum atomic E-state index is -0.0810. The number of nitrogens with zero attached hydrogens (tertiary/aromatic N) is 2. The Labute approximate surface area is 108 Å². The fourth-order valence-corrected chi connectivity index (χ4v) is 2.35. The Morgan fingerprint density at radius 2 is 2.06 bits per heavy atom. The van der Waals surface area contributed by atoms with Crippen LogP contribution < -0.4 is 23.0 Å². The van der Waals surface area contributed by atoms with Crippen LogP contribution in [0.5, 0.6) is 0 Å². The quantitative estimate of drug-likeness (QED) is 0.315. The van der Waals surface area contributed by atoms with Gasteiger partial charge in [-0.25, -0.2) is 4.59 Å². The molecule has 0 aromatic heterocycles. The average molecular weight is 251 g/mol. The highest BCUT2D eigenvalue weighted by Crippen LogP contribution is 2.21. The van der Waals surface area contributed by atoms with Crippen molar-refractivity contribution in [1.29, 1.82) is 0 Å². The molecule has 2 rings (SSSR count). The number of hydrogen-bond acceptors (Lipinski definition) is 5. The normalized spacial score (nSPS) is 29.4. The summed E-state index contributed by atoms with van der Waals surface area (Å²) in [5.41, 5.74) is 20.0. The molecular weight excluding hydrogens is 228 g/mol. The topological polar surface area (TPSA) is 107 Å². The lowest BCUT2D eigenvalue weighted by molar-refractivity contribution is -0.978. The maximum absolute atomic E-state index is 6.40. The molecule has 0 spiro atoms. The third-order valence-electron chi connectivity index (χ3n) is 3.69. The van der Waals surface area contributed by atoms with Gasteiger partial charge in [0.2, 0.25) is 0 Å². The van der Waals surface area contributed by atoms with Crippen molar-refractivity contribution in [3.63, 3.8) is 0 Å². The Morgan fingerprint density at radius 3 is 2.67 bits per heavy atom. The molecule has 1 aromatic carbocycles. The van der Waals surface area contributed by atoms with E-state index in [1.165, 1.54) is 0 Å². The Bertz CT molecular complexity index is 435. The van der Waals surface area contributed by atoms with Crippen LogP contribution in [-0.2, 0) is 6.54 Å². The lowest BCUT2D eigenvalue weighted by atomic mass is 10.1. The highest BCUT2D eigenvalue weighted by Gasteiger charge is 2.36. The molecule has 1 saturated heterocycles. The molecule has 1 aliphatic rings. The Balaban J connectivity index is 2.14. The molecule has 2 unspecified atom stereocenters. The van der Waals surface area contributed by atoms with Crippen molar-refractivity contribution in [2.75, 3.05) is 38.1 Å². The van der Waals surface area contributed by atoms with E-state index in [9.17, 15) is 0 Å². The summed E-state index contributed by atoms with van der Waals surface area (Å²) in [5, 5.41) is 0. The van der Waals surface area contributed by atoms with Crippen LogP contribution in [0.15, 0.2) is 18.2 Å². The third kappa shape index (κ3) is 2.56. The van der Waals surface area contributed by atoms with Gasteiger partial charge in [0.25, 0.3) is 0 Å². The zero-order valence-corrected chi connectivity index (χ0v) is 10.8. The monoisotopic (exact) mass is 251 g/mol. The Kier molecular flexibility index (Phi) is 3.45. The number of quaternary nitrogens is 1. The molecule has 1 aromatic rings. The number of rotatable bonds is 2. The maximum Gasteiger partial charge on any atom is 0.171 e. The largest absolute Gasteiger partial charge is 0.397 e. The van der Waals surface area contributed by atoms with E-state index >= 15 is 0 Å². The predicted octanol–water partition coefficient (Wildman–Crippen LogP) is -0.728. The molecule has 1 fully saturated rings. The molecule has 2 atom stereocenters. The minimum absolute atomic E-state index is 0.0810. The molecule has 0 saturated carbocycles. The van der Waals surface area contributed by atoms with Crippen LogP contribution in [-0.4, -0.2) is 42.3 Å². The molecule has 0 bridgehead atoms. The van der Waals surface area contributed by atoms with E-state index in [1.807, 2.05) is 18.2 Å². The lowest BCUT2D eigenvalue weighted by Crippen LogP contribution is -2.71. The molecule has 1 heterocycles. The van der Waals surface area contributed by atoms with Crippen LogP contribution in [0, 0.1) is 0 Å². The van der Waals surface area contributed by atoms with Crippen LogP contribution in [0.1, 0.15) is 5.56 Å². The minimum Gasteiger partial charge on any atom is -0.397 e. The fraction of sp³-hybridized carbons (Fsp3) is 0.500. The van der Waals surface area contributed by atoms with E-state index < -0.39 is 0 Å². The number of nitrogen functional groups attached to an aromatic ring is 2. The smallest absolute Gasteiger partial charge is 0.171 e. The number of piperazine rings is 1. The van der Waals surface area contributed by atoms with E-state index in [0.717, 1.165) is 25.2 Å². The summed E-state index contributed by atoms with van der Waals surface area (Å²) in [6, 6.07) is 5.66. The zero-order chi connectivity index (χ0) is 13.3. The van der Waals surface area contributed by atoms with Crippen LogP contribution in [0.2, 0.25) is 0 Å². The number of benzene rings is 1. The summed E-state index contributed by atoms with van der Waals surface area (Å²) in [6.45, 7) is 3.27. The summed E-state index contributed by atoms with van der Waals surface area (Å²) in [5.74, 6) is 6.40. The molecule has 8 N–H and O–H groups in total. The number of nitrogens with two attached hydrogens (primary N) is 4. The zero-order valence-electron chi connectivity index (χ0n) is 10.8. The van der Waals surface area contributed by atoms with E-state index in [0.29, 0.717) is 22.5 Å². The van der Waals surface area contributed by atoms with Gasteiger partial charge in [0.15, 0.2) is 6.17 Å². The van der Waals surface area contributed by atoms with Gasteiger partial charge in [-0.3, -0.25) is 10.6 Å². The van der Waals surface area contributed by atoms with E-state index in [4.69, 9.17) is 23.0 Å². The van der Waals surface area contributed by atoms with Crippen molar-refractivity contribution in [3.05, 3.63) is 23.8 Å². The third-order valence-corrected chi connectivity index (χ3v) is 3.69. The second-order valence-corrected chi connectivity index (χ2v) is 5.28. The van der Waals surface area contributed by atoms with Gasteiger partial charge >= 0.3 is 0 Å².